The van der Waals surface area contributed by atoms with Gasteiger partial charge < -0.3 is 15.0 Å². The van der Waals surface area contributed by atoms with E-state index in [0.29, 0.717) is 24.2 Å². The quantitative estimate of drug-likeness (QED) is 0.168. The number of piperidine rings is 1. The van der Waals surface area contributed by atoms with Crippen molar-refractivity contribution in [1.29, 1.82) is 0 Å². The van der Waals surface area contributed by atoms with Crippen LogP contribution in [0.15, 0.2) is 59.6 Å². The number of guanidine groups is 1. The topological polar surface area (TPSA) is 74.2 Å². The zero-order valence-electron chi connectivity index (χ0n) is 19.6. The fourth-order valence-electron chi connectivity index (χ4n) is 4.31. The Kier molecular flexibility index (Phi) is 9.74. The number of carbonyl (C=O) groups excluding carboxylic acids is 2. The van der Waals surface area contributed by atoms with E-state index in [-0.39, 0.29) is 41.9 Å². The second kappa shape index (κ2) is 12.7. The van der Waals surface area contributed by atoms with Crippen molar-refractivity contribution < 1.29 is 14.3 Å². The Morgan fingerprint density at radius 2 is 1.59 bits per heavy atom. The highest BCUT2D eigenvalue weighted by atomic mass is 127. The lowest BCUT2D eigenvalue weighted by Crippen LogP contribution is -2.47. The van der Waals surface area contributed by atoms with E-state index in [4.69, 9.17) is 9.73 Å². The molecule has 2 amide bonds. The van der Waals surface area contributed by atoms with Crippen LogP contribution in [0.4, 0.5) is 0 Å². The van der Waals surface area contributed by atoms with Gasteiger partial charge in [-0.3, -0.25) is 19.5 Å². The third kappa shape index (κ3) is 6.28. The van der Waals surface area contributed by atoms with Crippen molar-refractivity contribution in [2.24, 2.45) is 4.99 Å². The molecule has 0 aliphatic carbocycles. The summed E-state index contributed by atoms with van der Waals surface area (Å²) in [5.41, 5.74) is 1.02. The summed E-state index contributed by atoms with van der Waals surface area (Å²) in [5, 5.41) is 3.39. The molecule has 2 aliphatic rings. The number of aliphatic imine (C=N–C) groups is 1. The number of hydrogen-bond acceptors (Lipinski definition) is 4. The number of rotatable bonds is 8. The molecule has 8 heteroatoms. The molecular formula is C26H33IN4O3. The second-order valence-electron chi connectivity index (χ2n) is 8.37. The molecule has 182 valence electrons. The summed E-state index contributed by atoms with van der Waals surface area (Å²) in [6, 6.07) is 17.0. The molecule has 0 aromatic heterocycles. The van der Waals surface area contributed by atoms with Crippen molar-refractivity contribution in [3.8, 4) is 5.75 Å². The van der Waals surface area contributed by atoms with Crippen LogP contribution in [-0.4, -0.2) is 66.4 Å². The number of likely N-dealkylation sites (tertiary alicyclic amines) is 1. The molecule has 2 aliphatic heterocycles. The number of carbonyl (C=O) groups is 2. The van der Waals surface area contributed by atoms with Gasteiger partial charge in [-0.1, -0.05) is 30.3 Å². The van der Waals surface area contributed by atoms with Gasteiger partial charge >= 0.3 is 0 Å². The molecule has 2 heterocycles. The van der Waals surface area contributed by atoms with Gasteiger partial charge in [-0.05, 0) is 44.0 Å². The number of nitrogens with zero attached hydrogens (tertiary/aromatic N) is 3. The summed E-state index contributed by atoms with van der Waals surface area (Å²) in [7, 11) is 0. The van der Waals surface area contributed by atoms with Crippen LogP contribution in [0.1, 0.15) is 53.3 Å². The number of unbranched alkanes of at least 4 members (excludes halogenated alkanes) is 1. The molecule has 0 unspecified atom stereocenters. The first-order chi connectivity index (χ1) is 16.2. The van der Waals surface area contributed by atoms with Crippen molar-refractivity contribution in [2.75, 3.05) is 32.7 Å². The van der Waals surface area contributed by atoms with E-state index >= 15 is 0 Å². The van der Waals surface area contributed by atoms with Gasteiger partial charge in [0.2, 0.25) is 0 Å². The minimum atomic E-state index is -0.187. The maximum absolute atomic E-state index is 12.5. The fraction of sp³-hybridized carbons (Fsp3) is 0.423. The van der Waals surface area contributed by atoms with E-state index in [2.05, 4.69) is 17.1 Å². The van der Waals surface area contributed by atoms with Gasteiger partial charge in [0, 0.05) is 45.6 Å². The van der Waals surface area contributed by atoms with Crippen molar-refractivity contribution in [3.63, 3.8) is 0 Å². The first-order valence-corrected chi connectivity index (χ1v) is 11.9. The molecule has 0 radical (unpaired) electrons. The van der Waals surface area contributed by atoms with Crippen LogP contribution in [0.2, 0.25) is 0 Å². The van der Waals surface area contributed by atoms with Crippen molar-refractivity contribution in [2.45, 2.75) is 38.7 Å². The molecule has 1 saturated heterocycles. The van der Waals surface area contributed by atoms with Gasteiger partial charge in [-0.2, -0.15) is 0 Å². The van der Waals surface area contributed by atoms with Gasteiger partial charge in [0.25, 0.3) is 11.8 Å². The van der Waals surface area contributed by atoms with E-state index in [1.807, 2.05) is 30.3 Å². The van der Waals surface area contributed by atoms with Crippen LogP contribution in [0.5, 0.6) is 5.75 Å². The Labute approximate surface area is 218 Å². The zero-order chi connectivity index (χ0) is 23.0. The monoisotopic (exact) mass is 576 g/mol. The maximum Gasteiger partial charge on any atom is 0.261 e. The molecule has 2 aromatic carbocycles. The Hall–Kier alpha value is -2.62. The van der Waals surface area contributed by atoms with Crippen molar-refractivity contribution in [3.05, 3.63) is 65.7 Å². The number of hydrogen-bond donors (Lipinski definition) is 1. The van der Waals surface area contributed by atoms with Gasteiger partial charge in [0.1, 0.15) is 11.9 Å². The standard InChI is InChI=1S/C26H32N4O3.HI/c1-2-27-26(29-18-14-21(15-19-29)33-20-10-4-3-5-11-20)28-16-8-9-17-30-24(31)22-12-6-7-13-23(22)25(30)32;/h3-7,10-13,21H,2,8-9,14-19H2,1H3,(H,27,28);1H. The number of imide groups is 1. The number of amides is 2. The summed E-state index contributed by atoms with van der Waals surface area (Å²) in [4.78, 5) is 33.4. The Morgan fingerprint density at radius 3 is 2.21 bits per heavy atom. The largest absolute Gasteiger partial charge is 0.490 e. The third-order valence-corrected chi connectivity index (χ3v) is 6.05. The van der Waals surface area contributed by atoms with Crippen LogP contribution in [0.3, 0.4) is 0 Å². The number of ether oxygens (including phenoxy) is 1. The van der Waals surface area contributed by atoms with E-state index in [1.165, 1.54) is 4.90 Å². The molecule has 0 atom stereocenters. The highest BCUT2D eigenvalue weighted by Crippen LogP contribution is 2.23. The molecule has 0 bridgehead atoms. The van der Waals surface area contributed by atoms with Gasteiger partial charge in [-0.25, -0.2) is 0 Å². The Balaban J connectivity index is 0.00000324. The molecule has 7 nitrogen and oxygen atoms in total. The van der Waals surface area contributed by atoms with Crippen LogP contribution in [0.25, 0.3) is 0 Å². The number of benzene rings is 2. The molecule has 0 saturated carbocycles. The van der Waals surface area contributed by atoms with E-state index in [1.54, 1.807) is 24.3 Å². The highest BCUT2D eigenvalue weighted by molar-refractivity contribution is 14.0. The molecule has 1 fully saturated rings. The SMILES string of the molecule is CCNC(=NCCCCN1C(=O)c2ccccc2C1=O)N1CCC(Oc2ccccc2)CC1.I. The van der Waals surface area contributed by atoms with E-state index < -0.39 is 0 Å². The summed E-state index contributed by atoms with van der Waals surface area (Å²) < 4.78 is 6.10. The third-order valence-electron chi connectivity index (χ3n) is 6.05. The predicted octanol–water partition coefficient (Wildman–Crippen LogP) is 4.19. The summed E-state index contributed by atoms with van der Waals surface area (Å²) in [6.07, 6.45) is 3.70. The number of halogens is 1. The number of fused-ring (bicyclic) bond motifs is 1. The van der Waals surface area contributed by atoms with E-state index in [0.717, 1.165) is 57.0 Å². The normalized spacial score (nSPS) is 16.3. The van der Waals surface area contributed by atoms with E-state index in [9.17, 15) is 9.59 Å². The average molecular weight is 576 g/mol. The van der Waals surface area contributed by atoms with Crippen LogP contribution < -0.4 is 10.1 Å². The summed E-state index contributed by atoms with van der Waals surface area (Å²) in [6.45, 7) is 5.78. The zero-order valence-corrected chi connectivity index (χ0v) is 21.9. The lowest BCUT2D eigenvalue weighted by molar-refractivity contribution is 0.0652. The number of nitrogens with one attached hydrogen (secondary N) is 1. The highest BCUT2D eigenvalue weighted by Gasteiger charge is 2.34. The number of para-hydroxylation sites is 1. The van der Waals surface area contributed by atoms with Crippen molar-refractivity contribution >= 4 is 41.8 Å². The van der Waals surface area contributed by atoms with Crippen LogP contribution >= 0.6 is 24.0 Å². The molecule has 34 heavy (non-hydrogen) atoms. The molecule has 0 spiro atoms. The van der Waals surface area contributed by atoms with Gasteiger partial charge in [0.15, 0.2) is 5.96 Å². The molecule has 4 rings (SSSR count). The first-order valence-electron chi connectivity index (χ1n) is 11.9. The average Bonchev–Trinajstić information content (AvgIpc) is 3.09. The second-order valence-corrected chi connectivity index (χ2v) is 8.37. The fourth-order valence-corrected chi connectivity index (χ4v) is 4.31. The first kappa shape index (κ1) is 26.0. The molecular weight excluding hydrogens is 543 g/mol. The minimum Gasteiger partial charge on any atom is -0.490 e. The lowest BCUT2D eigenvalue weighted by Gasteiger charge is -2.34. The smallest absolute Gasteiger partial charge is 0.261 e. The van der Waals surface area contributed by atoms with Crippen molar-refractivity contribution in [1.82, 2.24) is 15.1 Å². The molecule has 2 aromatic rings. The van der Waals surface area contributed by atoms with Crippen LogP contribution in [-0.2, 0) is 0 Å². The Morgan fingerprint density at radius 1 is 0.971 bits per heavy atom. The minimum absolute atomic E-state index is 0. The lowest BCUT2D eigenvalue weighted by atomic mass is 10.1. The maximum atomic E-state index is 12.5. The van der Waals surface area contributed by atoms with Gasteiger partial charge in [0.05, 0.1) is 11.1 Å². The predicted molar refractivity (Wildman–Crippen MR) is 144 cm³/mol. The van der Waals surface area contributed by atoms with Crippen LogP contribution in [0, 0.1) is 0 Å². The summed E-state index contributed by atoms with van der Waals surface area (Å²) in [5.74, 6) is 1.48. The Bertz CT molecular complexity index is 956. The summed E-state index contributed by atoms with van der Waals surface area (Å²) >= 11 is 0. The van der Waals surface area contributed by atoms with Gasteiger partial charge in [-0.15, -0.1) is 24.0 Å². The molecule has 1 N–H and O–H groups in total.